The van der Waals surface area contributed by atoms with E-state index < -0.39 is 0 Å². The molecule has 0 aromatic heterocycles. The van der Waals surface area contributed by atoms with Crippen molar-refractivity contribution in [1.82, 2.24) is 10.2 Å². The fraction of sp³-hybridized carbons (Fsp3) is 0.562. The highest BCUT2D eigenvalue weighted by atomic mass is 127. The largest absolute Gasteiger partial charge is 0.383 e. The summed E-state index contributed by atoms with van der Waals surface area (Å²) in [6.45, 7) is 5.05. The molecule has 8 heteroatoms. The number of morpholine rings is 1. The summed E-state index contributed by atoms with van der Waals surface area (Å²) in [5.74, 6) is 0.433. The van der Waals surface area contributed by atoms with E-state index in [4.69, 9.17) is 26.8 Å². The van der Waals surface area contributed by atoms with Crippen LogP contribution in [-0.2, 0) is 9.47 Å². The third-order valence-corrected chi connectivity index (χ3v) is 4.00. The van der Waals surface area contributed by atoms with Crippen molar-refractivity contribution in [1.29, 1.82) is 0 Å². The number of aliphatic imine (C=N–C) groups is 1. The maximum Gasteiger partial charge on any atom is 0.188 e. The number of rotatable bonds is 7. The number of nitrogens with one attached hydrogen (secondary N) is 1. The number of nitrogens with two attached hydrogens (primary N) is 1. The molecular weight excluding hydrogens is 443 g/mol. The predicted molar refractivity (Wildman–Crippen MR) is 108 cm³/mol. The molecule has 0 aliphatic carbocycles. The third-order valence-electron chi connectivity index (χ3n) is 3.77. The summed E-state index contributed by atoms with van der Waals surface area (Å²) in [7, 11) is 1.66. The first-order valence-corrected chi connectivity index (χ1v) is 8.18. The summed E-state index contributed by atoms with van der Waals surface area (Å²) in [6, 6.07) is 8.06. The second kappa shape index (κ2) is 11.9. The summed E-state index contributed by atoms with van der Waals surface area (Å²) in [6.07, 6.45) is 0. The average Bonchev–Trinajstić information content (AvgIpc) is 2.56. The van der Waals surface area contributed by atoms with Crippen LogP contribution in [0.15, 0.2) is 29.3 Å². The van der Waals surface area contributed by atoms with E-state index in [9.17, 15) is 0 Å². The lowest BCUT2D eigenvalue weighted by Crippen LogP contribution is -2.41. The molecule has 0 amide bonds. The number of ether oxygens (including phenoxy) is 2. The van der Waals surface area contributed by atoms with Crippen molar-refractivity contribution >= 4 is 41.5 Å². The van der Waals surface area contributed by atoms with Crippen molar-refractivity contribution in [2.75, 3.05) is 53.1 Å². The Morgan fingerprint density at radius 1 is 1.46 bits per heavy atom. The Morgan fingerprint density at radius 3 is 2.88 bits per heavy atom. The minimum absolute atomic E-state index is 0. The molecule has 0 radical (unpaired) electrons. The fourth-order valence-electron chi connectivity index (χ4n) is 2.56. The minimum Gasteiger partial charge on any atom is -0.383 e. The minimum atomic E-state index is 0. The molecule has 2 rings (SSSR count). The third kappa shape index (κ3) is 7.10. The molecule has 136 valence electrons. The van der Waals surface area contributed by atoms with Crippen LogP contribution in [0.25, 0.3) is 0 Å². The maximum absolute atomic E-state index is 6.15. The predicted octanol–water partition coefficient (Wildman–Crippen LogP) is 1.88. The summed E-state index contributed by atoms with van der Waals surface area (Å²) in [5.41, 5.74) is 7.06. The molecule has 1 aromatic carbocycles. The molecule has 0 bridgehead atoms. The summed E-state index contributed by atoms with van der Waals surface area (Å²) in [4.78, 5) is 6.84. The number of hydrogen-bond acceptors (Lipinski definition) is 4. The molecule has 1 heterocycles. The maximum atomic E-state index is 6.15. The highest BCUT2D eigenvalue weighted by molar-refractivity contribution is 14.0. The first-order valence-electron chi connectivity index (χ1n) is 7.80. The van der Waals surface area contributed by atoms with Gasteiger partial charge in [-0.3, -0.25) is 9.89 Å². The lowest BCUT2D eigenvalue weighted by molar-refractivity contribution is 0.0180. The van der Waals surface area contributed by atoms with Gasteiger partial charge in [-0.25, -0.2) is 0 Å². The van der Waals surface area contributed by atoms with Crippen LogP contribution in [0.3, 0.4) is 0 Å². The van der Waals surface area contributed by atoms with Crippen LogP contribution in [0.1, 0.15) is 11.6 Å². The molecule has 0 saturated carbocycles. The van der Waals surface area contributed by atoms with Gasteiger partial charge in [0.15, 0.2) is 5.96 Å². The first kappa shape index (κ1) is 21.4. The van der Waals surface area contributed by atoms with Gasteiger partial charge in [-0.15, -0.1) is 24.0 Å². The number of methoxy groups -OCH3 is 1. The Kier molecular flexibility index (Phi) is 10.6. The Hall–Kier alpha value is -0.610. The molecule has 1 saturated heterocycles. The molecule has 1 aliphatic heterocycles. The van der Waals surface area contributed by atoms with Crippen LogP contribution in [0.5, 0.6) is 0 Å². The molecule has 1 aromatic rings. The molecule has 0 spiro atoms. The van der Waals surface area contributed by atoms with E-state index >= 15 is 0 Å². The van der Waals surface area contributed by atoms with Gasteiger partial charge in [0.2, 0.25) is 0 Å². The number of nitrogens with zero attached hydrogens (tertiary/aromatic N) is 2. The SMILES string of the molecule is COCCNC(N)=NCC(c1cccc(Cl)c1)N1CCOCC1.I. The molecule has 1 unspecified atom stereocenters. The zero-order valence-corrected chi connectivity index (χ0v) is 17.0. The normalized spacial score (nSPS) is 17.2. The van der Waals surface area contributed by atoms with Crippen molar-refractivity contribution < 1.29 is 9.47 Å². The van der Waals surface area contributed by atoms with Crippen LogP contribution in [0.4, 0.5) is 0 Å². The van der Waals surface area contributed by atoms with Crippen LogP contribution in [0.2, 0.25) is 5.02 Å². The quantitative estimate of drug-likeness (QED) is 0.277. The van der Waals surface area contributed by atoms with E-state index in [0.717, 1.165) is 36.9 Å². The van der Waals surface area contributed by atoms with E-state index in [0.29, 0.717) is 25.7 Å². The van der Waals surface area contributed by atoms with Gasteiger partial charge in [-0.1, -0.05) is 23.7 Å². The standard InChI is InChI=1S/C16H25ClN4O2.HI/c1-22-8-5-19-16(18)20-12-15(21-6-9-23-10-7-21)13-3-2-4-14(17)11-13;/h2-4,11,15H,5-10,12H2,1H3,(H3,18,19,20);1H. The van der Waals surface area contributed by atoms with E-state index in [2.05, 4.69) is 21.3 Å². The highest BCUT2D eigenvalue weighted by Crippen LogP contribution is 2.24. The van der Waals surface area contributed by atoms with Gasteiger partial charge in [0.25, 0.3) is 0 Å². The molecule has 3 N–H and O–H groups in total. The number of hydrogen-bond donors (Lipinski definition) is 2. The fourth-order valence-corrected chi connectivity index (χ4v) is 2.76. The van der Waals surface area contributed by atoms with Crippen LogP contribution in [0, 0.1) is 0 Å². The Labute approximate surface area is 165 Å². The Bertz CT molecular complexity index is 513. The van der Waals surface area contributed by atoms with E-state index in [1.165, 1.54) is 0 Å². The van der Waals surface area contributed by atoms with E-state index in [1.807, 2.05) is 18.2 Å². The number of halogens is 2. The van der Waals surface area contributed by atoms with Crippen molar-refractivity contribution in [3.63, 3.8) is 0 Å². The molecule has 1 aliphatic rings. The van der Waals surface area contributed by atoms with Crippen LogP contribution in [-0.4, -0.2) is 64.0 Å². The number of guanidine groups is 1. The van der Waals surface area contributed by atoms with Gasteiger partial charge >= 0.3 is 0 Å². The van der Waals surface area contributed by atoms with Gasteiger partial charge in [0.1, 0.15) is 0 Å². The van der Waals surface area contributed by atoms with Crippen molar-refractivity contribution in [3.05, 3.63) is 34.9 Å². The summed E-state index contributed by atoms with van der Waals surface area (Å²) in [5, 5.41) is 3.77. The van der Waals surface area contributed by atoms with Gasteiger partial charge < -0.3 is 20.5 Å². The van der Waals surface area contributed by atoms with Crippen LogP contribution < -0.4 is 11.1 Å². The van der Waals surface area contributed by atoms with Crippen molar-refractivity contribution in [3.8, 4) is 0 Å². The highest BCUT2D eigenvalue weighted by Gasteiger charge is 2.22. The van der Waals surface area contributed by atoms with Crippen molar-refractivity contribution in [2.24, 2.45) is 10.7 Å². The molecule has 24 heavy (non-hydrogen) atoms. The van der Waals surface area contributed by atoms with Gasteiger partial charge in [-0.05, 0) is 17.7 Å². The smallest absolute Gasteiger partial charge is 0.188 e. The summed E-state index contributed by atoms with van der Waals surface area (Å²) >= 11 is 6.15. The molecule has 6 nitrogen and oxygen atoms in total. The Balaban J connectivity index is 0.00000288. The average molecular weight is 469 g/mol. The molecule has 1 atom stereocenters. The zero-order valence-electron chi connectivity index (χ0n) is 13.9. The van der Waals surface area contributed by atoms with Crippen molar-refractivity contribution in [2.45, 2.75) is 6.04 Å². The number of benzene rings is 1. The lowest BCUT2D eigenvalue weighted by Gasteiger charge is -2.34. The van der Waals surface area contributed by atoms with Gasteiger partial charge in [0.05, 0.1) is 32.4 Å². The van der Waals surface area contributed by atoms with E-state index in [1.54, 1.807) is 7.11 Å². The second-order valence-electron chi connectivity index (χ2n) is 5.36. The molecular formula is C16H26ClIN4O2. The molecule has 1 fully saturated rings. The van der Waals surface area contributed by atoms with Gasteiger partial charge in [-0.2, -0.15) is 0 Å². The monoisotopic (exact) mass is 468 g/mol. The lowest BCUT2D eigenvalue weighted by atomic mass is 10.0. The second-order valence-corrected chi connectivity index (χ2v) is 5.80. The Morgan fingerprint density at radius 2 is 2.21 bits per heavy atom. The first-order chi connectivity index (χ1) is 11.2. The van der Waals surface area contributed by atoms with E-state index in [-0.39, 0.29) is 30.0 Å². The van der Waals surface area contributed by atoms with Crippen LogP contribution >= 0.6 is 35.6 Å². The topological polar surface area (TPSA) is 72.1 Å². The van der Waals surface area contributed by atoms with Gasteiger partial charge in [0, 0.05) is 31.8 Å². The zero-order chi connectivity index (χ0) is 16.5. The summed E-state index contributed by atoms with van der Waals surface area (Å²) < 4.78 is 10.4.